The third-order valence-corrected chi connectivity index (χ3v) is 5.06. The van der Waals surface area contributed by atoms with Crippen molar-refractivity contribution in [2.75, 3.05) is 23.8 Å². The van der Waals surface area contributed by atoms with E-state index in [0.717, 1.165) is 25.0 Å². The Morgan fingerprint density at radius 3 is 2.30 bits per heavy atom. The van der Waals surface area contributed by atoms with Crippen molar-refractivity contribution in [3.05, 3.63) is 60.2 Å². The van der Waals surface area contributed by atoms with Crippen molar-refractivity contribution >= 4 is 35.7 Å². The summed E-state index contributed by atoms with van der Waals surface area (Å²) >= 11 is 0. The molecule has 0 aliphatic carbocycles. The van der Waals surface area contributed by atoms with Crippen LogP contribution in [0.1, 0.15) is 31.4 Å². The molecule has 1 saturated heterocycles. The highest BCUT2D eigenvalue weighted by Gasteiger charge is 2.22. The summed E-state index contributed by atoms with van der Waals surface area (Å²) in [5.41, 5.74) is 8.43. The molecule has 1 fully saturated rings. The van der Waals surface area contributed by atoms with Gasteiger partial charge in [-0.25, -0.2) is 4.79 Å². The monoisotopic (exact) mass is 432 g/mol. The quantitative estimate of drug-likeness (QED) is 0.535. The molecule has 0 radical (unpaired) electrons. The summed E-state index contributed by atoms with van der Waals surface area (Å²) in [6, 6.07) is 15.9. The van der Waals surface area contributed by atoms with E-state index in [0.29, 0.717) is 17.9 Å². The van der Waals surface area contributed by atoms with Crippen LogP contribution >= 0.6 is 12.4 Å². The Morgan fingerprint density at radius 1 is 1.07 bits per heavy atom. The fourth-order valence-corrected chi connectivity index (χ4v) is 3.21. The summed E-state index contributed by atoms with van der Waals surface area (Å²) in [5, 5.41) is 8.45. The number of carbonyl (C=O) groups excluding carboxylic acids is 2. The normalized spacial score (nSPS) is 17.3. The summed E-state index contributed by atoms with van der Waals surface area (Å²) in [6.07, 6.45) is 2.11. The van der Waals surface area contributed by atoms with E-state index in [9.17, 15) is 9.59 Å². The number of urea groups is 1. The molecule has 2 aromatic rings. The van der Waals surface area contributed by atoms with Crippen LogP contribution in [0.25, 0.3) is 0 Å². The van der Waals surface area contributed by atoms with E-state index in [1.54, 1.807) is 31.2 Å². The van der Waals surface area contributed by atoms with Crippen molar-refractivity contribution in [3.63, 3.8) is 0 Å². The van der Waals surface area contributed by atoms with Crippen LogP contribution in [0.15, 0.2) is 54.6 Å². The summed E-state index contributed by atoms with van der Waals surface area (Å²) in [6.45, 7) is 3.07. The Balaban J connectivity index is 0.00000320. The minimum Gasteiger partial charge on any atom is -0.376 e. The number of ether oxygens (including phenoxy) is 1. The zero-order chi connectivity index (χ0) is 20.6. The molecular formula is C22H29ClN4O3. The first-order chi connectivity index (χ1) is 14.0. The molecule has 0 saturated carbocycles. The van der Waals surface area contributed by atoms with E-state index >= 15 is 0 Å². The van der Waals surface area contributed by atoms with Gasteiger partial charge in [0.1, 0.15) is 0 Å². The molecule has 1 aliphatic heterocycles. The molecule has 0 bridgehead atoms. The zero-order valence-corrected chi connectivity index (χ0v) is 17.8. The molecule has 1 aliphatic rings. The summed E-state index contributed by atoms with van der Waals surface area (Å²) < 4.78 is 5.48. The Labute approximate surface area is 183 Å². The van der Waals surface area contributed by atoms with E-state index in [2.05, 4.69) is 16.0 Å². The molecule has 0 spiro atoms. The lowest BCUT2D eigenvalue weighted by Crippen LogP contribution is -2.35. The summed E-state index contributed by atoms with van der Waals surface area (Å²) in [7, 11) is 0. The molecule has 7 nitrogen and oxygen atoms in total. The average molecular weight is 433 g/mol. The number of nitrogens with one attached hydrogen (secondary N) is 3. The number of amides is 3. The Bertz CT molecular complexity index is 811. The van der Waals surface area contributed by atoms with Gasteiger partial charge in [0, 0.05) is 30.6 Å². The van der Waals surface area contributed by atoms with Crippen LogP contribution < -0.4 is 21.7 Å². The predicted molar refractivity (Wildman–Crippen MR) is 121 cm³/mol. The topological polar surface area (TPSA) is 105 Å². The molecule has 2 aromatic carbocycles. The maximum atomic E-state index is 12.5. The molecule has 0 aromatic heterocycles. The molecule has 3 unspecified atom stereocenters. The van der Waals surface area contributed by atoms with E-state index in [-0.39, 0.29) is 36.5 Å². The lowest BCUT2D eigenvalue weighted by molar-refractivity contribution is -0.120. The average Bonchev–Trinajstić information content (AvgIpc) is 3.27. The Kier molecular flexibility index (Phi) is 9.11. The highest BCUT2D eigenvalue weighted by Crippen LogP contribution is 2.21. The van der Waals surface area contributed by atoms with Crippen molar-refractivity contribution in [1.82, 2.24) is 5.32 Å². The minimum atomic E-state index is -0.390. The van der Waals surface area contributed by atoms with Gasteiger partial charge < -0.3 is 26.4 Å². The molecule has 8 heteroatoms. The number of rotatable bonds is 7. The highest BCUT2D eigenvalue weighted by molar-refractivity contribution is 5.94. The fraction of sp³-hybridized carbons (Fsp3) is 0.364. The smallest absolute Gasteiger partial charge is 0.319 e. The zero-order valence-electron chi connectivity index (χ0n) is 17.0. The van der Waals surface area contributed by atoms with Crippen LogP contribution in [0.2, 0.25) is 0 Å². The summed E-state index contributed by atoms with van der Waals surface area (Å²) in [4.78, 5) is 24.5. The molecule has 3 amide bonds. The van der Waals surface area contributed by atoms with Crippen LogP contribution in [0.3, 0.4) is 0 Å². The van der Waals surface area contributed by atoms with Gasteiger partial charge in [-0.3, -0.25) is 4.79 Å². The Morgan fingerprint density at radius 2 is 1.70 bits per heavy atom. The van der Waals surface area contributed by atoms with Crippen LogP contribution in [-0.4, -0.2) is 31.2 Å². The lowest BCUT2D eigenvalue weighted by Gasteiger charge is -2.20. The first kappa shape index (κ1) is 23.7. The van der Waals surface area contributed by atoms with Crippen LogP contribution in [0.5, 0.6) is 0 Å². The van der Waals surface area contributed by atoms with Gasteiger partial charge in [-0.05, 0) is 42.7 Å². The second-order valence-corrected chi connectivity index (χ2v) is 7.26. The number of benzene rings is 2. The van der Waals surface area contributed by atoms with Gasteiger partial charge in [0.15, 0.2) is 0 Å². The predicted octanol–water partition coefficient (Wildman–Crippen LogP) is 3.68. The lowest BCUT2D eigenvalue weighted by atomic mass is 9.94. The number of halogens is 1. The van der Waals surface area contributed by atoms with Crippen LogP contribution in [0.4, 0.5) is 16.2 Å². The fourth-order valence-electron chi connectivity index (χ4n) is 3.21. The second kappa shape index (κ2) is 11.5. The third-order valence-electron chi connectivity index (χ3n) is 5.06. The number of anilines is 2. The van der Waals surface area contributed by atoms with Crippen molar-refractivity contribution in [1.29, 1.82) is 0 Å². The molecule has 162 valence electrons. The molecule has 3 atom stereocenters. The first-order valence-electron chi connectivity index (χ1n) is 9.91. The molecule has 30 heavy (non-hydrogen) atoms. The van der Waals surface area contributed by atoms with Gasteiger partial charge in [-0.2, -0.15) is 0 Å². The SMILES string of the molecule is CC(C(=O)Nc1ccc(NC(=O)NCC2CCCO2)cc1)C(N)c1ccccc1.Cl. The van der Waals surface area contributed by atoms with Crippen molar-refractivity contribution in [3.8, 4) is 0 Å². The number of carbonyl (C=O) groups is 2. The molecule has 1 heterocycles. The Hall–Kier alpha value is -2.61. The standard InChI is InChI=1S/C22H28N4O3.ClH/c1-15(20(23)16-6-3-2-4-7-16)21(27)25-17-9-11-18(12-10-17)26-22(28)24-14-19-8-5-13-29-19;/h2-4,6-7,9-12,15,19-20H,5,8,13-14,23H2,1H3,(H,25,27)(H2,24,26,28);1H. The number of nitrogens with two attached hydrogens (primary N) is 1. The number of hydrogen-bond acceptors (Lipinski definition) is 4. The molecular weight excluding hydrogens is 404 g/mol. The number of hydrogen-bond donors (Lipinski definition) is 4. The van der Waals surface area contributed by atoms with E-state index in [1.165, 1.54) is 0 Å². The van der Waals surface area contributed by atoms with Gasteiger partial charge in [0.2, 0.25) is 5.91 Å². The first-order valence-corrected chi connectivity index (χ1v) is 9.91. The van der Waals surface area contributed by atoms with Gasteiger partial charge >= 0.3 is 6.03 Å². The van der Waals surface area contributed by atoms with Crippen molar-refractivity contribution < 1.29 is 14.3 Å². The highest BCUT2D eigenvalue weighted by atomic mass is 35.5. The van der Waals surface area contributed by atoms with Gasteiger partial charge in [-0.15, -0.1) is 12.4 Å². The minimum absolute atomic E-state index is 0. The third kappa shape index (κ3) is 6.73. The summed E-state index contributed by atoms with van der Waals surface area (Å²) in [5.74, 6) is -0.546. The molecule has 3 rings (SSSR count). The maximum Gasteiger partial charge on any atom is 0.319 e. The van der Waals surface area contributed by atoms with E-state index < -0.39 is 5.92 Å². The van der Waals surface area contributed by atoms with Gasteiger partial charge in [0.05, 0.1) is 12.0 Å². The second-order valence-electron chi connectivity index (χ2n) is 7.26. The van der Waals surface area contributed by atoms with E-state index in [1.807, 2.05) is 30.3 Å². The largest absolute Gasteiger partial charge is 0.376 e. The van der Waals surface area contributed by atoms with Crippen molar-refractivity contribution in [2.24, 2.45) is 11.7 Å². The van der Waals surface area contributed by atoms with Crippen LogP contribution in [0, 0.1) is 5.92 Å². The van der Waals surface area contributed by atoms with E-state index in [4.69, 9.17) is 10.5 Å². The van der Waals surface area contributed by atoms with Crippen LogP contribution in [-0.2, 0) is 9.53 Å². The maximum absolute atomic E-state index is 12.5. The van der Waals surface area contributed by atoms with Gasteiger partial charge in [0.25, 0.3) is 0 Å². The van der Waals surface area contributed by atoms with Gasteiger partial charge in [-0.1, -0.05) is 37.3 Å². The molecule has 5 N–H and O–H groups in total. The van der Waals surface area contributed by atoms with Crippen molar-refractivity contribution in [2.45, 2.75) is 31.9 Å².